The van der Waals surface area contributed by atoms with E-state index in [2.05, 4.69) is 0 Å². The van der Waals surface area contributed by atoms with Crippen molar-refractivity contribution >= 4 is 23.6 Å². The molecule has 0 spiro atoms. The maximum absolute atomic E-state index is 13.6. The van der Waals surface area contributed by atoms with Crippen molar-refractivity contribution in [1.82, 2.24) is 4.90 Å². The van der Waals surface area contributed by atoms with Crippen LogP contribution in [0, 0.1) is 11.7 Å². The lowest BCUT2D eigenvalue weighted by atomic mass is 9.98. The van der Waals surface area contributed by atoms with Crippen LogP contribution < -0.4 is 0 Å². The average molecular weight is 298 g/mol. The van der Waals surface area contributed by atoms with E-state index < -0.39 is 5.82 Å². The molecule has 20 heavy (non-hydrogen) atoms. The summed E-state index contributed by atoms with van der Waals surface area (Å²) in [6.07, 6.45) is 4.37. The highest BCUT2D eigenvalue weighted by molar-refractivity contribution is 6.32. The predicted octanol–water partition coefficient (Wildman–Crippen LogP) is 2.72. The normalized spacial score (nSPS) is 16.9. The smallest absolute Gasteiger partial charge is 0.246 e. The highest BCUT2D eigenvalue weighted by Crippen LogP contribution is 2.21. The van der Waals surface area contributed by atoms with Gasteiger partial charge in [0.05, 0.1) is 5.02 Å². The number of benzene rings is 1. The summed E-state index contributed by atoms with van der Waals surface area (Å²) in [7, 11) is 0. The number of piperidine rings is 1. The Kier molecular flexibility index (Phi) is 5.15. The van der Waals surface area contributed by atoms with Crippen molar-refractivity contribution in [2.24, 2.45) is 5.92 Å². The van der Waals surface area contributed by atoms with Crippen LogP contribution in [-0.4, -0.2) is 35.6 Å². The minimum Gasteiger partial charge on any atom is -0.396 e. The van der Waals surface area contributed by atoms with Crippen molar-refractivity contribution in [3.8, 4) is 0 Å². The Labute approximate surface area is 122 Å². The van der Waals surface area contributed by atoms with Crippen molar-refractivity contribution in [2.45, 2.75) is 12.8 Å². The van der Waals surface area contributed by atoms with E-state index in [-0.39, 0.29) is 29.0 Å². The van der Waals surface area contributed by atoms with Crippen LogP contribution in [0.3, 0.4) is 0 Å². The van der Waals surface area contributed by atoms with Crippen LogP contribution >= 0.6 is 11.6 Å². The van der Waals surface area contributed by atoms with Gasteiger partial charge in [0, 0.05) is 31.3 Å². The molecule has 1 amide bonds. The van der Waals surface area contributed by atoms with E-state index in [1.807, 2.05) is 0 Å². The molecular weight excluding hydrogens is 281 g/mol. The van der Waals surface area contributed by atoms with Crippen molar-refractivity contribution in [3.63, 3.8) is 0 Å². The highest BCUT2D eigenvalue weighted by atomic mass is 35.5. The average Bonchev–Trinajstić information content (AvgIpc) is 2.46. The summed E-state index contributed by atoms with van der Waals surface area (Å²) in [4.78, 5) is 13.7. The minimum atomic E-state index is -0.444. The lowest BCUT2D eigenvalue weighted by molar-refractivity contribution is -0.127. The molecule has 1 saturated heterocycles. The summed E-state index contributed by atoms with van der Waals surface area (Å²) in [5.41, 5.74) is 0.229. The van der Waals surface area contributed by atoms with Gasteiger partial charge in [0.25, 0.3) is 0 Å². The third-order valence-corrected chi connectivity index (χ3v) is 3.91. The zero-order chi connectivity index (χ0) is 14.5. The molecule has 1 aliphatic heterocycles. The third kappa shape index (κ3) is 3.58. The molecule has 0 aliphatic carbocycles. The second kappa shape index (κ2) is 6.86. The van der Waals surface area contributed by atoms with Crippen molar-refractivity contribution in [2.75, 3.05) is 19.7 Å². The third-order valence-electron chi connectivity index (χ3n) is 3.58. The molecule has 2 rings (SSSR count). The van der Waals surface area contributed by atoms with Crippen LogP contribution in [0.1, 0.15) is 18.4 Å². The molecule has 1 fully saturated rings. The molecule has 0 aromatic heterocycles. The van der Waals surface area contributed by atoms with Gasteiger partial charge < -0.3 is 10.0 Å². The molecule has 0 radical (unpaired) electrons. The van der Waals surface area contributed by atoms with Crippen LogP contribution in [0.4, 0.5) is 4.39 Å². The monoisotopic (exact) mass is 297 g/mol. The van der Waals surface area contributed by atoms with Gasteiger partial charge in [-0.05, 0) is 37.0 Å². The topological polar surface area (TPSA) is 40.5 Å². The summed E-state index contributed by atoms with van der Waals surface area (Å²) in [6.45, 7) is 1.42. The molecule has 1 aliphatic rings. The number of likely N-dealkylation sites (tertiary alicyclic amines) is 1. The van der Waals surface area contributed by atoms with E-state index in [0.717, 1.165) is 12.8 Å². The van der Waals surface area contributed by atoms with Gasteiger partial charge in [-0.25, -0.2) is 4.39 Å². The molecule has 108 valence electrons. The van der Waals surface area contributed by atoms with Gasteiger partial charge in [-0.15, -0.1) is 0 Å². The fraction of sp³-hybridized carbons (Fsp3) is 0.400. The highest BCUT2D eigenvalue weighted by Gasteiger charge is 2.20. The Morgan fingerprint density at radius 2 is 2.15 bits per heavy atom. The van der Waals surface area contributed by atoms with Crippen molar-refractivity contribution in [1.29, 1.82) is 0 Å². The zero-order valence-electron chi connectivity index (χ0n) is 11.1. The van der Waals surface area contributed by atoms with E-state index in [1.54, 1.807) is 11.0 Å². The Morgan fingerprint density at radius 3 is 2.75 bits per heavy atom. The van der Waals surface area contributed by atoms with Gasteiger partial charge in [0.15, 0.2) is 0 Å². The number of rotatable bonds is 3. The number of hydrogen-bond acceptors (Lipinski definition) is 2. The SMILES string of the molecule is O=C(/C=C/c1c(F)cccc1Cl)N1CCC(CO)CC1. The molecule has 5 heteroatoms. The number of aliphatic hydroxyl groups excluding tert-OH is 1. The molecule has 1 aromatic rings. The molecule has 1 N–H and O–H groups in total. The number of aliphatic hydroxyl groups is 1. The van der Waals surface area contributed by atoms with Crippen molar-refractivity contribution < 1.29 is 14.3 Å². The number of hydrogen-bond donors (Lipinski definition) is 1. The van der Waals surface area contributed by atoms with E-state index in [1.165, 1.54) is 24.3 Å². The van der Waals surface area contributed by atoms with Gasteiger partial charge in [-0.1, -0.05) is 17.7 Å². The zero-order valence-corrected chi connectivity index (χ0v) is 11.8. The van der Waals surface area contributed by atoms with Gasteiger partial charge in [-0.2, -0.15) is 0 Å². The Bertz CT molecular complexity index is 490. The maximum atomic E-state index is 13.6. The molecule has 0 bridgehead atoms. The lowest BCUT2D eigenvalue weighted by Crippen LogP contribution is -2.38. The Morgan fingerprint density at radius 1 is 1.45 bits per heavy atom. The first-order chi connectivity index (χ1) is 9.61. The van der Waals surface area contributed by atoms with Gasteiger partial charge in [0.2, 0.25) is 5.91 Å². The summed E-state index contributed by atoms with van der Waals surface area (Å²) in [5, 5.41) is 9.34. The number of amides is 1. The standard InChI is InChI=1S/C15H17ClFNO2/c16-13-2-1-3-14(17)12(13)4-5-15(20)18-8-6-11(10-19)7-9-18/h1-5,11,19H,6-10H2/b5-4+. The van der Waals surface area contributed by atoms with Crippen LogP contribution in [0.15, 0.2) is 24.3 Å². The number of halogens is 2. The Balaban J connectivity index is 2.00. The van der Waals surface area contributed by atoms with Gasteiger partial charge in [-0.3, -0.25) is 4.79 Å². The fourth-order valence-corrected chi connectivity index (χ4v) is 2.49. The minimum absolute atomic E-state index is 0.152. The lowest BCUT2D eigenvalue weighted by Gasteiger charge is -2.30. The second-order valence-electron chi connectivity index (χ2n) is 4.92. The summed E-state index contributed by atoms with van der Waals surface area (Å²) >= 11 is 5.89. The number of carbonyl (C=O) groups excluding carboxylic acids is 1. The molecule has 0 saturated carbocycles. The summed E-state index contributed by atoms with van der Waals surface area (Å²) in [6, 6.07) is 4.42. The summed E-state index contributed by atoms with van der Waals surface area (Å²) < 4.78 is 13.6. The van der Waals surface area contributed by atoms with Gasteiger partial charge >= 0.3 is 0 Å². The number of nitrogens with zero attached hydrogens (tertiary/aromatic N) is 1. The first-order valence-electron chi connectivity index (χ1n) is 6.63. The summed E-state index contributed by atoms with van der Waals surface area (Å²) in [5.74, 6) is -0.315. The second-order valence-corrected chi connectivity index (χ2v) is 5.33. The maximum Gasteiger partial charge on any atom is 0.246 e. The van der Waals surface area contributed by atoms with E-state index >= 15 is 0 Å². The molecule has 3 nitrogen and oxygen atoms in total. The first kappa shape index (κ1) is 15.0. The van der Waals surface area contributed by atoms with Crippen LogP contribution in [0.2, 0.25) is 5.02 Å². The van der Waals surface area contributed by atoms with E-state index in [0.29, 0.717) is 13.1 Å². The van der Waals surface area contributed by atoms with E-state index in [4.69, 9.17) is 16.7 Å². The first-order valence-corrected chi connectivity index (χ1v) is 7.01. The van der Waals surface area contributed by atoms with Crippen LogP contribution in [-0.2, 0) is 4.79 Å². The molecular formula is C15H17ClFNO2. The fourth-order valence-electron chi connectivity index (χ4n) is 2.27. The molecule has 0 unspecified atom stereocenters. The number of carbonyl (C=O) groups is 1. The van der Waals surface area contributed by atoms with Crippen molar-refractivity contribution in [3.05, 3.63) is 40.7 Å². The quantitative estimate of drug-likeness (QED) is 0.872. The predicted molar refractivity (Wildman–Crippen MR) is 76.8 cm³/mol. The van der Waals surface area contributed by atoms with Crippen LogP contribution in [0.25, 0.3) is 6.08 Å². The molecule has 1 aromatic carbocycles. The van der Waals surface area contributed by atoms with Crippen LogP contribution in [0.5, 0.6) is 0 Å². The van der Waals surface area contributed by atoms with Gasteiger partial charge in [0.1, 0.15) is 5.82 Å². The molecule has 0 atom stereocenters. The molecule has 1 heterocycles. The Hall–Kier alpha value is -1.39. The van der Waals surface area contributed by atoms with E-state index in [9.17, 15) is 9.18 Å². The largest absolute Gasteiger partial charge is 0.396 e.